The zero-order valence-electron chi connectivity index (χ0n) is 14.6. The van der Waals surface area contributed by atoms with Crippen molar-refractivity contribution < 1.29 is 19.4 Å². The van der Waals surface area contributed by atoms with Crippen molar-refractivity contribution in [1.82, 2.24) is 20.5 Å². The van der Waals surface area contributed by atoms with Crippen LogP contribution in [-0.2, 0) is 17.8 Å². The van der Waals surface area contributed by atoms with Crippen LogP contribution < -0.4 is 10.1 Å². The number of methoxy groups -OCH3 is 1. The molecule has 1 amide bonds. The van der Waals surface area contributed by atoms with Crippen LogP contribution in [0.25, 0.3) is 0 Å². The topological polar surface area (TPSA) is 109 Å². The number of aliphatic hydroxyl groups is 1. The van der Waals surface area contributed by atoms with E-state index < -0.39 is 0 Å². The minimum Gasteiger partial charge on any atom is -0.481 e. The van der Waals surface area contributed by atoms with Gasteiger partial charge < -0.3 is 19.9 Å². The molecule has 0 radical (unpaired) electrons. The van der Waals surface area contributed by atoms with Gasteiger partial charge >= 0.3 is 0 Å². The van der Waals surface area contributed by atoms with Gasteiger partial charge in [-0.3, -0.25) is 9.89 Å². The monoisotopic (exact) mass is 358 g/mol. The van der Waals surface area contributed by atoms with Gasteiger partial charge in [-0.25, -0.2) is 4.98 Å². The van der Waals surface area contributed by atoms with Crippen LogP contribution in [0.3, 0.4) is 0 Å². The summed E-state index contributed by atoms with van der Waals surface area (Å²) in [5.74, 6) is 0.441. The van der Waals surface area contributed by atoms with Crippen LogP contribution in [0.1, 0.15) is 46.2 Å². The molecule has 0 spiro atoms. The molecule has 26 heavy (non-hydrogen) atoms. The van der Waals surface area contributed by atoms with Gasteiger partial charge in [0.05, 0.1) is 32.5 Å². The normalized spacial score (nSPS) is 22.8. The summed E-state index contributed by atoms with van der Waals surface area (Å²) in [6.45, 7) is 1.03. The van der Waals surface area contributed by atoms with Crippen molar-refractivity contribution in [3.63, 3.8) is 0 Å². The summed E-state index contributed by atoms with van der Waals surface area (Å²) < 4.78 is 10.6. The Hall–Kier alpha value is -2.45. The number of fused-ring (bicyclic) bond motifs is 1. The minimum absolute atomic E-state index is 0.162. The Kier molecular flexibility index (Phi) is 4.60. The highest BCUT2D eigenvalue weighted by Crippen LogP contribution is 2.38. The minimum atomic E-state index is -0.308. The molecule has 8 nitrogen and oxygen atoms in total. The van der Waals surface area contributed by atoms with Crippen LogP contribution in [0.5, 0.6) is 5.88 Å². The van der Waals surface area contributed by atoms with E-state index in [1.54, 1.807) is 19.4 Å². The Morgan fingerprint density at radius 1 is 1.46 bits per heavy atom. The standard InChI is InChI=1S/C18H22N4O4/c1-25-15-3-2-10(8-19-15)16(11-6-12(23)7-11)20-18(24)17-13-9-26-5-4-14(13)21-22-17/h2-3,8,11-12,16,23H,4-7,9H2,1H3,(H,20,24)(H,21,22)/t11?,12?,16-/m1/s1. The molecule has 3 heterocycles. The second kappa shape index (κ2) is 7.05. The summed E-state index contributed by atoms with van der Waals surface area (Å²) in [6.07, 6.45) is 3.43. The van der Waals surface area contributed by atoms with Gasteiger partial charge in [-0.2, -0.15) is 5.10 Å². The molecule has 1 saturated carbocycles. The van der Waals surface area contributed by atoms with Crippen LogP contribution in [-0.4, -0.2) is 46.0 Å². The van der Waals surface area contributed by atoms with E-state index in [4.69, 9.17) is 9.47 Å². The molecule has 1 fully saturated rings. The number of H-pyrrole nitrogens is 1. The number of nitrogens with one attached hydrogen (secondary N) is 2. The molecular formula is C18H22N4O4. The quantitative estimate of drug-likeness (QED) is 0.739. The Balaban J connectivity index is 1.56. The number of rotatable bonds is 5. The molecule has 1 aliphatic heterocycles. The number of aromatic nitrogens is 3. The lowest BCUT2D eigenvalue weighted by atomic mass is 9.75. The number of pyridine rings is 1. The van der Waals surface area contributed by atoms with Gasteiger partial charge in [0.25, 0.3) is 5.91 Å². The van der Waals surface area contributed by atoms with Gasteiger partial charge in [0, 0.05) is 29.9 Å². The van der Waals surface area contributed by atoms with Crippen molar-refractivity contribution in [3.8, 4) is 5.88 Å². The van der Waals surface area contributed by atoms with Gasteiger partial charge in [0.1, 0.15) is 0 Å². The fourth-order valence-corrected chi connectivity index (χ4v) is 3.58. The average molecular weight is 358 g/mol. The molecule has 1 aliphatic carbocycles. The molecule has 2 aliphatic rings. The fraction of sp³-hybridized carbons (Fsp3) is 0.500. The predicted molar refractivity (Wildman–Crippen MR) is 91.7 cm³/mol. The largest absolute Gasteiger partial charge is 0.481 e. The summed E-state index contributed by atoms with van der Waals surface area (Å²) in [7, 11) is 1.56. The van der Waals surface area contributed by atoms with Gasteiger partial charge in [-0.15, -0.1) is 0 Å². The maximum Gasteiger partial charge on any atom is 0.272 e. The third-order valence-electron chi connectivity index (χ3n) is 5.15. The summed E-state index contributed by atoms with van der Waals surface area (Å²) >= 11 is 0. The Morgan fingerprint density at radius 2 is 2.31 bits per heavy atom. The molecule has 2 aromatic heterocycles. The highest BCUT2D eigenvalue weighted by atomic mass is 16.5. The molecule has 0 bridgehead atoms. The molecule has 0 aromatic carbocycles. The van der Waals surface area contributed by atoms with Crippen LogP contribution in [0, 0.1) is 5.92 Å². The maximum absolute atomic E-state index is 12.9. The number of carbonyl (C=O) groups is 1. The highest BCUT2D eigenvalue weighted by Gasteiger charge is 2.36. The molecule has 0 unspecified atom stereocenters. The van der Waals surface area contributed by atoms with Crippen molar-refractivity contribution in [2.24, 2.45) is 5.92 Å². The van der Waals surface area contributed by atoms with Gasteiger partial charge in [0.15, 0.2) is 5.69 Å². The van der Waals surface area contributed by atoms with E-state index in [9.17, 15) is 9.90 Å². The van der Waals surface area contributed by atoms with Crippen molar-refractivity contribution >= 4 is 5.91 Å². The second-order valence-electron chi connectivity index (χ2n) is 6.80. The molecule has 0 saturated heterocycles. The number of nitrogens with zero attached hydrogens (tertiary/aromatic N) is 2. The van der Waals surface area contributed by atoms with Crippen LogP contribution in [0.15, 0.2) is 18.3 Å². The number of aliphatic hydroxyl groups excluding tert-OH is 1. The second-order valence-corrected chi connectivity index (χ2v) is 6.80. The Bertz CT molecular complexity index is 783. The molecule has 8 heteroatoms. The van der Waals surface area contributed by atoms with Gasteiger partial charge in [-0.05, 0) is 24.3 Å². The first kappa shape index (κ1) is 17.0. The van der Waals surface area contributed by atoms with Crippen molar-refractivity contribution in [1.29, 1.82) is 0 Å². The Labute approximate surface area is 150 Å². The van der Waals surface area contributed by atoms with Crippen molar-refractivity contribution in [2.75, 3.05) is 13.7 Å². The average Bonchev–Trinajstić information content (AvgIpc) is 3.08. The molecule has 2 aromatic rings. The van der Waals surface area contributed by atoms with Gasteiger partial charge in [-0.1, -0.05) is 6.07 Å². The van der Waals surface area contributed by atoms with Crippen LogP contribution >= 0.6 is 0 Å². The van der Waals surface area contributed by atoms with Crippen molar-refractivity contribution in [2.45, 2.75) is 38.0 Å². The van der Waals surface area contributed by atoms with E-state index in [1.165, 1.54) is 0 Å². The molecule has 1 atom stereocenters. The van der Waals surface area contributed by atoms with E-state index in [0.717, 1.165) is 23.2 Å². The number of aromatic amines is 1. The van der Waals surface area contributed by atoms with E-state index in [0.29, 0.717) is 37.6 Å². The third-order valence-corrected chi connectivity index (χ3v) is 5.15. The van der Waals surface area contributed by atoms with Crippen LogP contribution in [0.2, 0.25) is 0 Å². The fourth-order valence-electron chi connectivity index (χ4n) is 3.58. The van der Waals surface area contributed by atoms with E-state index in [2.05, 4.69) is 20.5 Å². The summed E-state index contributed by atoms with van der Waals surface area (Å²) in [5, 5.41) is 19.9. The molecule has 4 rings (SSSR count). The number of amides is 1. The lowest BCUT2D eigenvalue weighted by Gasteiger charge is -2.38. The number of ether oxygens (including phenoxy) is 2. The maximum atomic E-state index is 12.9. The van der Waals surface area contributed by atoms with E-state index >= 15 is 0 Å². The Morgan fingerprint density at radius 3 is 3.00 bits per heavy atom. The third kappa shape index (κ3) is 3.17. The summed E-state index contributed by atoms with van der Waals surface area (Å²) in [5.41, 5.74) is 3.06. The zero-order valence-corrected chi connectivity index (χ0v) is 14.6. The molecular weight excluding hydrogens is 336 g/mol. The first-order valence-electron chi connectivity index (χ1n) is 8.78. The highest BCUT2D eigenvalue weighted by molar-refractivity contribution is 5.94. The lowest BCUT2D eigenvalue weighted by molar-refractivity contribution is 0.0233. The SMILES string of the molecule is COc1ccc([C@@H](NC(=O)c2n[nH]c3c2COCC3)C2CC(O)C2)cn1. The molecule has 138 valence electrons. The first-order valence-corrected chi connectivity index (χ1v) is 8.78. The number of hydrogen-bond acceptors (Lipinski definition) is 6. The first-order chi connectivity index (χ1) is 12.7. The molecule has 3 N–H and O–H groups in total. The van der Waals surface area contributed by atoms with Crippen LogP contribution in [0.4, 0.5) is 0 Å². The number of carbonyl (C=O) groups excluding carboxylic acids is 1. The van der Waals surface area contributed by atoms with E-state index in [1.807, 2.05) is 6.07 Å². The van der Waals surface area contributed by atoms with Gasteiger partial charge in [0.2, 0.25) is 5.88 Å². The van der Waals surface area contributed by atoms with Crippen molar-refractivity contribution in [3.05, 3.63) is 40.8 Å². The summed E-state index contributed by atoms with van der Waals surface area (Å²) in [6, 6.07) is 3.43. The zero-order chi connectivity index (χ0) is 18.1. The number of hydrogen-bond donors (Lipinski definition) is 3. The summed E-state index contributed by atoms with van der Waals surface area (Å²) in [4.78, 5) is 17.1. The predicted octanol–water partition coefficient (Wildman–Crippen LogP) is 1.13. The smallest absolute Gasteiger partial charge is 0.272 e. The van der Waals surface area contributed by atoms with E-state index in [-0.39, 0.29) is 24.0 Å². The lowest BCUT2D eigenvalue weighted by Crippen LogP contribution is -2.41.